The number of hydrogen-bond donors (Lipinski definition) is 1. The van der Waals surface area contributed by atoms with Gasteiger partial charge in [0.15, 0.2) is 0 Å². The number of ether oxygens (including phenoxy) is 1. The van der Waals surface area contributed by atoms with E-state index in [1.807, 2.05) is 0 Å². The Morgan fingerprint density at radius 3 is 3.10 bits per heavy atom. The highest BCUT2D eigenvalue weighted by Gasteiger charge is 2.35. The molecule has 1 aromatic heterocycles. The molecule has 3 fully saturated rings. The molecule has 0 radical (unpaired) electrons. The van der Waals surface area contributed by atoms with Crippen molar-refractivity contribution in [2.24, 2.45) is 0 Å². The van der Waals surface area contributed by atoms with Crippen LogP contribution in [0.3, 0.4) is 0 Å². The second-order valence-corrected chi connectivity index (χ2v) is 6.11. The molecule has 0 saturated carbocycles. The second kappa shape index (κ2) is 5.42. The summed E-state index contributed by atoms with van der Waals surface area (Å²) in [5.41, 5.74) is 0. The monoisotopic (exact) mass is 278 g/mol. The predicted molar refractivity (Wildman–Crippen MR) is 72.2 cm³/mol. The summed E-state index contributed by atoms with van der Waals surface area (Å²) in [6.07, 6.45) is 6.07. The van der Waals surface area contributed by atoms with Gasteiger partial charge in [0, 0.05) is 12.6 Å². The van der Waals surface area contributed by atoms with Gasteiger partial charge < -0.3 is 14.6 Å². The quantitative estimate of drug-likeness (QED) is 0.882. The fourth-order valence-corrected chi connectivity index (χ4v) is 3.56. The van der Waals surface area contributed by atoms with Crippen LogP contribution in [0, 0.1) is 0 Å². The Labute approximate surface area is 118 Å². The first-order valence-electron chi connectivity index (χ1n) is 7.83. The zero-order valence-corrected chi connectivity index (χ0v) is 11.8. The van der Waals surface area contributed by atoms with Crippen LogP contribution < -0.4 is 5.32 Å². The van der Waals surface area contributed by atoms with E-state index in [4.69, 9.17) is 9.26 Å². The summed E-state index contributed by atoms with van der Waals surface area (Å²) in [6, 6.07) is 0.839. The van der Waals surface area contributed by atoms with Crippen molar-refractivity contribution in [3.8, 4) is 0 Å². The molecule has 1 aromatic rings. The molecule has 2 unspecified atom stereocenters. The first kappa shape index (κ1) is 12.7. The van der Waals surface area contributed by atoms with E-state index >= 15 is 0 Å². The first-order valence-corrected chi connectivity index (χ1v) is 7.83. The molecule has 110 valence electrons. The number of rotatable bonds is 2. The standard InChI is InChI=1S/C14H22N4O2/c1-2-6-15-11(5-1)14-16-13(17-20-14)12-8-18-7-3-4-10(18)9-19-12/h10-12,15H,1-9H2/t10?,11-,12?/m1/s1. The number of aromatic nitrogens is 2. The van der Waals surface area contributed by atoms with Crippen molar-refractivity contribution < 1.29 is 9.26 Å². The van der Waals surface area contributed by atoms with Crippen LogP contribution in [-0.4, -0.2) is 47.3 Å². The van der Waals surface area contributed by atoms with Crippen LogP contribution in [-0.2, 0) is 4.74 Å². The summed E-state index contributed by atoms with van der Waals surface area (Å²) in [6.45, 7) is 3.93. The van der Waals surface area contributed by atoms with Crippen LogP contribution in [0.5, 0.6) is 0 Å². The summed E-state index contributed by atoms with van der Waals surface area (Å²) in [5.74, 6) is 1.45. The Morgan fingerprint density at radius 1 is 1.20 bits per heavy atom. The van der Waals surface area contributed by atoms with Gasteiger partial charge in [-0.1, -0.05) is 11.6 Å². The van der Waals surface area contributed by atoms with Crippen molar-refractivity contribution in [2.75, 3.05) is 26.2 Å². The fraction of sp³-hybridized carbons (Fsp3) is 0.857. The van der Waals surface area contributed by atoms with Crippen LogP contribution in [0.25, 0.3) is 0 Å². The lowest BCUT2D eigenvalue weighted by atomic mass is 10.1. The summed E-state index contributed by atoms with van der Waals surface area (Å²) in [7, 11) is 0. The summed E-state index contributed by atoms with van der Waals surface area (Å²) in [5, 5.41) is 7.59. The van der Waals surface area contributed by atoms with E-state index < -0.39 is 0 Å². The lowest BCUT2D eigenvalue weighted by Gasteiger charge is -2.33. The topological polar surface area (TPSA) is 63.4 Å². The Balaban J connectivity index is 1.44. The number of nitrogens with zero attached hydrogens (tertiary/aromatic N) is 3. The maximum atomic E-state index is 5.93. The first-order chi connectivity index (χ1) is 9.90. The van der Waals surface area contributed by atoms with Gasteiger partial charge in [-0.05, 0) is 38.8 Å². The maximum absolute atomic E-state index is 5.93. The molecule has 6 nitrogen and oxygen atoms in total. The summed E-state index contributed by atoms with van der Waals surface area (Å²) >= 11 is 0. The van der Waals surface area contributed by atoms with Crippen LogP contribution in [0.4, 0.5) is 0 Å². The molecule has 4 heterocycles. The van der Waals surface area contributed by atoms with Gasteiger partial charge in [-0.25, -0.2) is 0 Å². The molecule has 6 heteroatoms. The highest BCUT2D eigenvalue weighted by molar-refractivity contribution is 5.00. The third-order valence-electron chi connectivity index (χ3n) is 4.74. The average Bonchev–Trinajstić information content (AvgIpc) is 3.16. The molecule has 4 rings (SSSR count). The van der Waals surface area contributed by atoms with Crippen LogP contribution in [0.15, 0.2) is 4.52 Å². The largest absolute Gasteiger partial charge is 0.367 e. The SMILES string of the molecule is C1CC[C@H](c2nc(C3CN4CCCC4CO3)no2)NC1. The van der Waals surface area contributed by atoms with E-state index in [9.17, 15) is 0 Å². The number of morpholine rings is 1. The Kier molecular flexibility index (Phi) is 3.45. The molecular formula is C14H22N4O2. The summed E-state index contributed by atoms with van der Waals surface area (Å²) in [4.78, 5) is 7.08. The van der Waals surface area contributed by atoms with E-state index in [-0.39, 0.29) is 12.1 Å². The lowest BCUT2D eigenvalue weighted by molar-refractivity contribution is -0.0548. The number of hydrogen-bond acceptors (Lipinski definition) is 6. The van der Waals surface area contributed by atoms with Gasteiger partial charge in [0.1, 0.15) is 6.10 Å². The molecule has 1 N–H and O–H groups in total. The average molecular weight is 278 g/mol. The minimum atomic E-state index is -0.0227. The fourth-order valence-electron chi connectivity index (χ4n) is 3.56. The smallest absolute Gasteiger partial charge is 0.243 e. The maximum Gasteiger partial charge on any atom is 0.243 e. The second-order valence-electron chi connectivity index (χ2n) is 6.11. The molecule has 20 heavy (non-hydrogen) atoms. The van der Waals surface area contributed by atoms with E-state index in [2.05, 4.69) is 20.4 Å². The molecule has 0 bridgehead atoms. The number of fused-ring (bicyclic) bond motifs is 1. The van der Waals surface area contributed by atoms with Crippen molar-refractivity contribution >= 4 is 0 Å². The zero-order chi connectivity index (χ0) is 13.4. The molecule has 0 spiro atoms. The molecule has 0 amide bonds. The highest BCUT2D eigenvalue weighted by Crippen LogP contribution is 2.30. The minimum absolute atomic E-state index is 0.0227. The Hall–Kier alpha value is -0.980. The minimum Gasteiger partial charge on any atom is -0.367 e. The Bertz CT molecular complexity index is 458. The molecule has 3 aliphatic heterocycles. The molecule has 0 aliphatic carbocycles. The Morgan fingerprint density at radius 2 is 2.20 bits per heavy atom. The molecule has 3 saturated heterocycles. The van der Waals surface area contributed by atoms with E-state index in [1.54, 1.807) is 0 Å². The highest BCUT2D eigenvalue weighted by atomic mass is 16.5. The van der Waals surface area contributed by atoms with Crippen LogP contribution in [0.2, 0.25) is 0 Å². The molecule has 3 atom stereocenters. The third-order valence-corrected chi connectivity index (χ3v) is 4.74. The van der Waals surface area contributed by atoms with Crippen LogP contribution >= 0.6 is 0 Å². The van der Waals surface area contributed by atoms with Crippen LogP contribution in [0.1, 0.15) is 56.0 Å². The van der Waals surface area contributed by atoms with Crippen molar-refractivity contribution in [3.63, 3.8) is 0 Å². The third kappa shape index (κ3) is 2.36. The van der Waals surface area contributed by atoms with Crippen molar-refractivity contribution in [3.05, 3.63) is 11.7 Å². The van der Waals surface area contributed by atoms with Gasteiger partial charge in [-0.15, -0.1) is 0 Å². The van der Waals surface area contributed by atoms with E-state index in [0.29, 0.717) is 6.04 Å². The zero-order valence-electron chi connectivity index (χ0n) is 11.8. The predicted octanol–water partition coefficient (Wildman–Crippen LogP) is 1.42. The summed E-state index contributed by atoms with van der Waals surface area (Å²) < 4.78 is 11.4. The van der Waals surface area contributed by atoms with Gasteiger partial charge in [-0.3, -0.25) is 4.90 Å². The molecule has 3 aliphatic rings. The van der Waals surface area contributed by atoms with Crippen molar-refractivity contribution in [2.45, 2.75) is 50.3 Å². The van der Waals surface area contributed by atoms with Gasteiger partial charge in [0.2, 0.25) is 11.7 Å². The molecular weight excluding hydrogens is 256 g/mol. The molecule has 0 aromatic carbocycles. The van der Waals surface area contributed by atoms with Crippen molar-refractivity contribution in [1.29, 1.82) is 0 Å². The van der Waals surface area contributed by atoms with Gasteiger partial charge in [0.05, 0.1) is 12.6 Å². The van der Waals surface area contributed by atoms with Gasteiger partial charge >= 0.3 is 0 Å². The van der Waals surface area contributed by atoms with E-state index in [1.165, 1.54) is 32.2 Å². The van der Waals surface area contributed by atoms with Crippen molar-refractivity contribution in [1.82, 2.24) is 20.4 Å². The van der Waals surface area contributed by atoms with E-state index in [0.717, 1.165) is 37.8 Å². The number of piperidine rings is 1. The lowest BCUT2D eigenvalue weighted by Crippen LogP contribution is -2.42. The van der Waals surface area contributed by atoms with Gasteiger partial charge in [0.25, 0.3) is 0 Å². The normalized spacial score (nSPS) is 35.1. The van der Waals surface area contributed by atoms with Gasteiger partial charge in [-0.2, -0.15) is 4.98 Å². The number of nitrogens with one attached hydrogen (secondary N) is 1.